The van der Waals surface area contributed by atoms with Crippen molar-refractivity contribution in [2.45, 2.75) is 24.9 Å². The molecule has 0 amide bonds. The minimum absolute atomic E-state index is 0.152. The zero-order valence-corrected chi connectivity index (χ0v) is 6.54. The van der Waals surface area contributed by atoms with Gasteiger partial charge in [0.2, 0.25) is 0 Å². The summed E-state index contributed by atoms with van der Waals surface area (Å²) in [6.07, 6.45) is -6.41. The van der Waals surface area contributed by atoms with E-state index in [1.807, 2.05) is 0 Å². The van der Waals surface area contributed by atoms with E-state index in [9.17, 15) is 30.7 Å². The molecule has 9 heteroatoms. The average molecular weight is 224 g/mol. The highest BCUT2D eigenvalue weighted by atomic mass is 19.4. The van der Waals surface area contributed by atoms with Gasteiger partial charge in [0.1, 0.15) is 0 Å². The molecule has 0 aromatic carbocycles. The highest BCUT2D eigenvalue weighted by molar-refractivity contribution is 5.85. The highest BCUT2D eigenvalue weighted by Gasteiger charge is 2.77. The Bertz CT molecular complexity index is 272. The molecule has 82 valence electrons. The van der Waals surface area contributed by atoms with Crippen molar-refractivity contribution in [1.82, 2.24) is 0 Å². The summed E-state index contributed by atoms with van der Waals surface area (Å²) >= 11 is 0. The largest absolute Gasteiger partial charge is 0.460 e. The second kappa shape index (κ2) is 3.23. The van der Waals surface area contributed by atoms with Gasteiger partial charge in [0.15, 0.2) is 0 Å². The van der Waals surface area contributed by atoms with Crippen LogP contribution in [-0.4, -0.2) is 28.5 Å². The van der Waals surface area contributed by atoms with Gasteiger partial charge in [0.05, 0.1) is 0 Å². The number of alkyl halides is 7. The van der Waals surface area contributed by atoms with Crippen molar-refractivity contribution in [1.29, 1.82) is 0 Å². The van der Waals surface area contributed by atoms with Crippen LogP contribution in [0.25, 0.3) is 5.53 Å². The smallest absolute Gasteiger partial charge is 0.361 e. The number of hydrogen-bond donors (Lipinski definition) is 0. The minimum atomic E-state index is -6.41. The quantitative estimate of drug-likeness (QED) is 0.299. The van der Waals surface area contributed by atoms with Gasteiger partial charge in [-0.1, -0.05) is 0 Å². The van der Waals surface area contributed by atoms with Crippen molar-refractivity contribution >= 4 is 5.71 Å². The third kappa shape index (κ3) is 1.72. The Labute approximate surface area is 72.9 Å². The summed E-state index contributed by atoms with van der Waals surface area (Å²) < 4.78 is 83.2. The van der Waals surface area contributed by atoms with E-state index in [4.69, 9.17) is 5.53 Å². The Hall–Kier alpha value is -1.11. The first kappa shape index (κ1) is 12.9. The molecule has 0 atom stereocenters. The maximum Gasteiger partial charge on any atom is 0.460 e. The van der Waals surface area contributed by atoms with Crippen LogP contribution in [0, 0.1) is 0 Å². The Balaban J connectivity index is 5.40. The standard InChI is InChI=1S/C5H3F7N2/c1-2(14-13)3(6,7)4(8,9)5(10,11)12/h1H3. The van der Waals surface area contributed by atoms with Crippen LogP contribution < -0.4 is 0 Å². The average Bonchev–Trinajstić information content (AvgIpc) is 2.00. The van der Waals surface area contributed by atoms with Gasteiger partial charge in [-0.2, -0.15) is 35.5 Å². The molecule has 0 N–H and O–H groups in total. The van der Waals surface area contributed by atoms with E-state index in [-0.39, 0.29) is 6.92 Å². The van der Waals surface area contributed by atoms with Crippen LogP contribution in [0.2, 0.25) is 0 Å². The van der Waals surface area contributed by atoms with Gasteiger partial charge in [-0.25, -0.2) is 0 Å². The summed E-state index contributed by atoms with van der Waals surface area (Å²) in [6.45, 7) is 0.152. The van der Waals surface area contributed by atoms with Crippen LogP contribution in [0.4, 0.5) is 30.7 Å². The Morgan fingerprint density at radius 3 is 1.57 bits per heavy atom. The van der Waals surface area contributed by atoms with Crippen LogP contribution >= 0.6 is 0 Å². The van der Waals surface area contributed by atoms with Crippen molar-refractivity contribution in [2.75, 3.05) is 0 Å². The number of nitrogens with zero attached hydrogens (tertiary/aromatic N) is 2. The van der Waals surface area contributed by atoms with Gasteiger partial charge >= 0.3 is 23.7 Å². The van der Waals surface area contributed by atoms with Crippen molar-refractivity contribution in [3.8, 4) is 0 Å². The van der Waals surface area contributed by atoms with E-state index in [0.717, 1.165) is 0 Å². The maximum absolute atomic E-state index is 12.3. The van der Waals surface area contributed by atoms with Crippen LogP contribution in [-0.2, 0) is 0 Å². The zero-order valence-electron chi connectivity index (χ0n) is 6.54. The molecular formula is C5H3F7N2. The predicted octanol–water partition coefficient (Wildman–Crippen LogP) is 2.51. The summed E-state index contributed by atoms with van der Waals surface area (Å²) in [6, 6.07) is 0. The van der Waals surface area contributed by atoms with E-state index in [0.29, 0.717) is 0 Å². The van der Waals surface area contributed by atoms with Gasteiger partial charge in [0, 0.05) is 6.92 Å². The molecule has 2 nitrogen and oxygen atoms in total. The van der Waals surface area contributed by atoms with E-state index in [2.05, 4.69) is 0 Å². The molecule has 0 rings (SSSR count). The van der Waals surface area contributed by atoms with Crippen LogP contribution in [0.15, 0.2) is 0 Å². The molecular weight excluding hydrogens is 221 g/mol. The molecule has 0 saturated heterocycles. The molecule has 0 aromatic rings. The fourth-order valence-corrected chi connectivity index (χ4v) is 0.468. The molecule has 0 unspecified atom stereocenters. The normalized spacial score (nSPS) is 13.7. The third-order valence-corrected chi connectivity index (χ3v) is 1.35. The molecule has 0 heterocycles. The first-order valence-corrected chi connectivity index (χ1v) is 3.00. The maximum atomic E-state index is 12.3. The van der Waals surface area contributed by atoms with Crippen molar-refractivity contribution in [2.24, 2.45) is 0 Å². The molecule has 0 radical (unpaired) electrons. The highest BCUT2D eigenvalue weighted by Crippen LogP contribution is 2.46. The second-order valence-electron chi connectivity index (χ2n) is 2.33. The number of rotatable bonds is 2. The summed E-state index contributed by atoms with van der Waals surface area (Å²) in [4.78, 5) is 1.63. The lowest BCUT2D eigenvalue weighted by Gasteiger charge is -2.24. The van der Waals surface area contributed by atoms with E-state index in [1.54, 1.807) is 4.79 Å². The predicted molar refractivity (Wildman–Crippen MR) is 30.2 cm³/mol. The fraction of sp³-hybridized carbons (Fsp3) is 0.800. The molecule has 0 aromatic heterocycles. The van der Waals surface area contributed by atoms with E-state index in [1.165, 1.54) is 0 Å². The summed E-state index contributed by atoms with van der Waals surface area (Å²) in [7, 11) is 0. The van der Waals surface area contributed by atoms with Gasteiger partial charge in [-0.3, -0.25) is 0 Å². The Morgan fingerprint density at radius 2 is 1.36 bits per heavy atom. The minimum Gasteiger partial charge on any atom is -0.361 e. The lowest BCUT2D eigenvalue weighted by Crippen LogP contribution is -2.55. The molecule has 0 bridgehead atoms. The summed E-state index contributed by atoms with van der Waals surface area (Å²) in [5, 5.41) is 0. The molecule has 0 spiro atoms. The lowest BCUT2D eigenvalue weighted by molar-refractivity contribution is -0.340. The molecule has 14 heavy (non-hydrogen) atoms. The lowest BCUT2D eigenvalue weighted by atomic mass is 10.1. The Morgan fingerprint density at radius 1 is 1.00 bits per heavy atom. The van der Waals surface area contributed by atoms with Crippen LogP contribution in [0.3, 0.4) is 0 Å². The van der Waals surface area contributed by atoms with Crippen molar-refractivity contribution in [3.63, 3.8) is 0 Å². The van der Waals surface area contributed by atoms with Crippen molar-refractivity contribution in [3.05, 3.63) is 5.53 Å². The number of hydrogen-bond acceptors (Lipinski definition) is 0. The molecule has 0 fully saturated rings. The van der Waals surface area contributed by atoms with E-state index < -0.39 is 23.7 Å². The fourth-order valence-electron chi connectivity index (χ4n) is 0.468. The topological polar surface area (TPSA) is 36.4 Å². The van der Waals surface area contributed by atoms with Crippen LogP contribution in [0.1, 0.15) is 6.92 Å². The van der Waals surface area contributed by atoms with Gasteiger partial charge in [-0.15, -0.1) is 0 Å². The van der Waals surface area contributed by atoms with Gasteiger partial charge in [0.25, 0.3) is 0 Å². The SMILES string of the molecule is CC(=[N+]=[N-])C(F)(F)C(F)(F)C(F)(F)F. The molecule has 0 saturated carbocycles. The Kier molecular flexibility index (Phi) is 2.97. The monoisotopic (exact) mass is 224 g/mol. The van der Waals surface area contributed by atoms with Gasteiger partial charge in [-0.05, 0) is 0 Å². The van der Waals surface area contributed by atoms with Gasteiger partial charge < -0.3 is 5.53 Å². The molecule has 0 aliphatic carbocycles. The van der Waals surface area contributed by atoms with E-state index >= 15 is 0 Å². The summed E-state index contributed by atoms with van der Waals surface area (Å²) in [5.41, 5.74) is 5.69. The molecule has 0 aliphatic rings. The first-order valence-electron chi connectivity index (χ1n) is 3.00. The van der Waals surface area contributed by atoms with Crippen LogP contribution in [0.5, 0.6) is 0 Å². The molecule has 0 aliphatic heterocycles. The third-order valence-electron chi connectivity index (χ3n) is 1.35. The number of halogens is 7. The first-order chi connectivity index (χ1) is 5.98. The second-order valence-corrected chi connectivity index (χ2v) is 2.33. The summed E-state index contributed by atoms with van der Waals surface area (Å²) in [5.74, 6) is -11.8. The zero-order chi connectivity index (χ0) is 11.8. The van der Waals surface area contributed by atoms with Crippen molar-refractivity contribution < 1.29 is 35.5 Å².